The smallest absolute Gasteiger partial charge is 0.334 e. The molecule has 0 aromatic heterocycles. The molecule has 1 aliphatic heterocycles. The lowest BCUT2D eigenvalue weighted by molar-refractivity contribution is -0.137. The van der Waals surface area contributed by atoms with E-state index in [-0.39, 0.29) is 18.0 Å². The molecule has 2 atom stereocenters. The highest BCUT2D eigenvalue weighted by Gasteiger charge is 2.36. The van der Waals surface area contributed by atoms with Gasteiger partial charge in [-0.3, -0.25) is 0 Å². The largest absolute Gasteiger partial charge is 0.454 e. The first-order chi connectivity index (χ1) is 5.79. The zero-order valence-corrected chi connectivity index (χ0v) is 6.95. The molecule has 1 saturated heterocycles. The Morgan fingerprint density at radius 2 is 2.42 bits per heavy atom. The SMILES string of the molecule is C=C1C(=O)OC2C=CCCCC12. The molecule has 2 unspecified atom stereocenters. The molecule has 2 aliphatic rings. The van der Waals surface area contributed by atoms with E-state index in [4.69, 9.17) is 4.74 Å². The predicted octanol–water partition coefficient (Wildman–Crippen LogP) is 1.82. The molecular formula is C10H12O2. The first-order valence-electron chi connectivity index (χ1n) is 4.35. The van der Waals surface area contributed by atoms with Crippen molar-refractivity contribution in [2.45, 2.75) is 25.4 Å². The summed E-state index contributed by atoms with van der Waals surface area (Å²) in [6.07, 6.45) is 7.32. The summed E-state index contributed by atoms with van der Waals surface area (Å²) in [6.45, 7) is 3.75. The van der Waals surface area contributed by atoms with Crippen LogP contribution in [0, 0.1) is 5.92 Å². The zero-order chi connectivity index (χ0) is 8.55. The molecule has 0 amide bonds. The lowest BCUT2D eigenvalue weighted by Crippen LogP contribution is -2.11. The van der Waals surface area contributed by atoms with E-state index in [2.05, 4.69) is 12.7 Å². The molecule has 0 bridgehead atoms. The molecule has 0 aromatic rings. The average Bonchev–Trinajstić information content (AvgIpc) is 2.30. The van der Waals surface area contributed by atoms with Crippen LogP contribution in [0.5, 0.6) is 0 Å². The Kier molecular flexibility index (Phi) is 1.75. The average molecular weight is 164 g/mol. The third-order valence-corrected chi connectivity index (χ3v) is 2.56. The van der Waals surface area contributed by atoms with Gasteiger partial charge in [-0.15, -0.1) is 0 Å². The van der Waals surface area contributed by atoms with Crippen LogP contribution in [0.1, 0.15) is 19.3 Å². The van der Waals surface area contributed by atoms with Crippen LogP contribution in [0.15, 0.2) is 24.3 Å². The summed E-state index contributed by atoms with van der Waals surface area (Å²) in [7, 11) is 0. The predicted molar refractivity (Wildman–Crippen MR) is 45.5 cm³/mol. The fourth-order valence-electron chi connectivity index (χ4n) is 1.83. The number of ether oxygens (including phenoxy) is 1. The molecule has 64 valence electrons. The molecule has 2 rings (SSSR count). The van der Waals surface area contributed by atoms with Gasteiger partial charge in [-0.25, -0.2) is 4.79 Å². The van der Waals surface area contributed by atoms with E-state index < -0.39 is 0 Å². The van der Waals surface area contributed by atoms with Crippen LogP contribution in [-0.4, -0.2) is 12.1 Å². The van der Waals surface area contributed by atoms with Crippen LogP contribution in [0.2, 0.25) is 0 Å². The van der Waals surface area contributed by atoms with Crippen LogP contribution in [0.25, 0.3) is 0 Å². The number of fused-ring (bicyclic) bond motifs is 1. The number of hydrogen-bond acceptors (Lipinski definition) is 2. The summed E-state index contributed by atoms with van der Waals surface area (Å²) in [5, 5.41) is 0. The minimum atomic E-state index is -0.212. The van der Waals surface area contributed by atoms with Gasteiger partial charge in [0.15, 0.2) is 0 Å². The summed E-state index contributed by atoms with van der Waals surface area (Å²) in [5.74, 6) is 0.0350. The molecule has 2 heteroatoms. The van der Waals surface area contributed by atoms with Gasteiger partial charge in [0.1, 0.15) is 6.10 Å². The van der Waals surface area contributed by atoms with Crippen molar-refractivity contribution in [1.82, 2.24) is 0 Å². The van der Waals surface area contributed by atoms with Crippen molar-refractivity contribution in [1.29, 1.82) is 0 Å². The number of hydrogen-bond donors (Lipinski definition) is 0. The van der Waals surface area contributed by atoms with E-state index in [9.17, 15) is 4.79 Å². The molecule has 1 heterocycles. The Morgan fingerprint density at radius 1 is 1.58 bits per heavy atom. The summed E-state index contributed by atoms with van der Waals surface area (Å²) in [6, 6.07) is 0. The van der Waals surface area contributed by atoms with Crippen LogP contribution < -0.4 is 0 Å². The summed E-state index contributed by atoms with van der Waals surface area (Å²) in [5.41, 5.74) is 0.659. The van der Waals surface area contributed by atoms with Gasteiger partial charge in [-0.05, 0) is 25.3 Å². The van der Waals surface area contributed by atoms with Gasteiger partial charge in [0.25, 0.3) is 0 Å². The Balaban J connectivity index is 2.23. The Hall–Kier alpha value is -1.05. The molecular weight excluding hydrogens is 152 g/mol. The first kappa shape index (κ1) is 7.59. The van der Waals surface area contributed by atoms with Crippen molar-refractivity contribution < 1.29 is 9.53 Å². The fraction of sp³-hybridized carbons (Fsp3) is 0.500. The van der Waals surface area contributed by atoms with E-state index in [1.807, 2.05) is 6.08 Å². The molecule has 0 aromatic carbocycles. The standard InChI is InChI=1S/C10H12O2/c1-7-8-5-3-2-4-6-9(8)12-10(7)11/h4,6,8-9H,1-3,5H2. The molecule has 0 saturated carbocycles. The second kappa shape index (κ2) is 2.77. The minimum Gasteiger partial charge on any atom is -0.454 e. The third kappa shape index (κ3) is 1.07. The van der Waals surface area contributed by atoms with Gasteiger partial charge in [-0.1, -0.05) is 12.7 Å². The van der Waals surface area contributed by atoms with E-state index in [1.54, 1.807) is 0 Å². The molecule has 0 radical (unpaired) electrons. The van der Waals surface area contributed by atoms with Crippen molar-refractivity contribution in [3.63, 3.8) is 0 Å². The summed E-state index contributed by atoms with van der Waals surface area (Å²) < 4.78 is 5.13. The maximum Gasteiger partial charge on any atom is 0.334 e. The number of esters is 1. The van der Waals surface area contributed by atoms with Crippen molar-refractivity contribution in [2.24, 2.45) is 5.92 Å². The fourth-order valence-corrected chi connectivity index (χ4v) is 1.83. The van der Waals surface area contributed by atoms with Gasteiger partial charge in [0.05, 0.1) is 0 Å². The van der Waals surface area contributed by atoms with Crippen LogP contribution in [0.4, 0.5) is 0 Å². The molecule has 1 fully saturated rings. The number of carbonyl (C=O) groups is 1. The Bertz CT molecular complexity index is 253. The van der Waals surface area contributed by atoms with Crippen molar-refractivity contribution in [3.8, 4) is 0 Å². The quantitative estimate of drug-likeness (QED) is 0.310. The lowest BCUT2D eigenvalue weighted by atomic mass is 9.93. The normalized spacial score (nSPS) is 34.3. The monoisotopic (exact) mass is 164 g/mol. The number of carbonyl (C=O) groups excluding carboxylic acids is 1. The van der Waals surface area contributed by atoms with Gasteiger partial charge in [-0.2, -0.15) is 0 Å². The van der Waals surface area contributed by atoms with Crippen molar-refractivity contribution in [3.05, 3.63) is 24.3 Å². The van der Waals surface area contributed by atoms with Crippen molar-refractivity contribution >= 4 is 5.97 Å². The molecule has 12 heavy (non-hydrogen) atoms. The summed E-state index contributed by atoms with van der Waals surface area (Å²) >= 11 is 0. The van der Waals surface area contributed by atoms with Gasteiger partial charge in [0, 0.05) is 11.5 Å². The molecule has 0 N–H and O–H groups in total. The molecule has 1 aliphatic carbocycles. The van der Waals surface area contributed by atoms with Gasteiger partial charge >= 0.3 is 5.97 Å². The first-order valence-corrected chi connectivity index (χ1v) is 4.35. The van der Waals surface area contributed by atoms with E-state index in [1.165, 1.54) is 0 Å². The Labute approximate surface area is 71.9 Å². The molecule has 2 nitrogen and oxygen atoms in total. The van der Waals surface area contributed by atoms with Crippen LogP contribution >= 0.6 is 0 Å². The zero-order valence-electron chi connectivity index (χ0n) is 6.95. The highest BCUT2D eigenvalue weighted by Crippen LogP contribution is 2.33. The van der Waals surface area contributed by atoms with Gasteiger partial charge in [0.2, 0.25) is 0 Å². The highest BCUT2D eigenvalue weighted by atomic mass is 16.5. The Morgan fingerprint density at radius 3 is 3.25 bits per heavy atom. The topological polar surface area (TPSA) is 26.3 Å². The van der Waals surface area contributed by atoms with E-state index in [0.29, 0.717) is 5.57 Å². The maximum absolute atomic E-state index is 11.1. The van der Waals surface area contributed by atoms with Crippen molar-refractivity contribution in [2.75, 3.05) is 0 Å². The number of allylic oxidation sites excluding steroid dienone is 1. The van der Waals surface area contributed by atoms with Crippen LogP contribution in [-0.2, 0) is 9.53 Å². The lowest BCUT2D eigenvalue weighted by Gasteiger charge is -2.10. The van der Waals surface area contributed by atoms with Crippen LogP contribution in [0.3, 0.4) is 0 Å². The molecule has 0 spiro atoms. The second-order valence-electron chi connectivity index (χ2n) is 3.36. The minimum absolute atomic E-state index is 0.0208. The third-order valence-electron chi connectivity index (χ3n) is 2.56. The second-order valence-corrected chi connectivity index (χ2v) is 3.36. The number of rotatable bonds is 0. The van der Waals surface area contributed by atoms with Gasteiger partial charge < -0.3 is 4.74 Å². The van der Waals surface area contributed by atoms with E-state index in [0.717, 1.165) is 19.3 Å². The van der Waals surface area contributed by atoms with E-state index >= 15 is 0 Å². The summed E-state index contributed by atoms with van der Waals surface area (Å²) in [4.78, 5) is 11.1. The maximum atomic E-state index is 11.1. The highest BCUT2D eigenvalue weighted by molar-refractivity contribution is 5.91.